The summed E-state index contributed by atoms with van der Waals surface area (Å²) in [7, 11) is 0. The molecule has 1 fully saturated rings. The molecule has 0 aliphatic carbocycles. The van der Waals surface area contributed by atoms with Crippen LogP contribution in [0.25, 0.3) is 0 Å². The number of hydrogen-bond acceptors (Lipinski definition) is 4. The number of nitrogens with zero attached hydrogens (tertiary/aromatic N) is 2. The van der Waals surface area contributed by atoms with E-state index in [1.807, 2.05) is 6.92 Å². The second-order valence-electron chi connectivity index (χ2n) is 7.86. The van der Waals surface area contributed by atoms with Crippen LogP contribution in [0.5, 0.6) is 5.75 Å². The van der Waals surface area contributed by atoms with Crippen molar-refractivity contribution >= 4 is 17.9 Å². The molecular formula is C20H28F3N5O3. The maximum Gasteiger partial charge on any atom is 0.416 e. The molecule has 0 spiro atoms. The summed E-state index contributed by atoms with van der Waals surface area (Å²) < 4.78 is 46.3. The van der Waals surface area contributed by atoms with Crippen LogP contribution in [0.1, 0.15) is 38.8 Å². The first-order valence-corrected chi connectivity index (χ1v) is 9.90. The van der Waals surface area contributed by atoms with E-state index in [0.717, 1.165) is 11.0 Å². The van der Waals surface area contributed by atoms with Crippen LogP contribution >= 0.6 is 0 Å². The fourth-order valence-electron chi connectivity index (χ4n) is 2.85. The molecule has 0 aromatic heterocycles. The van der Waals surface area contributed by atoms with Gasteiger partial charge in [-0.3, -0.25) is 9.69 Å². The Hall–Kier alpha value is -2.98. The first kappa shape index (κ1) is 24.3. The summed E-state index contributed by atoms with van der Waals surface area (Å²) >= 11 is 0. The maximum atomic E-state index is 13.6. The number of guanidine groups is 1. The fraction of sp³-hybridized carbons (Fsp3) is 0.550. The molecule has 3 N–H and O–H groups in total. The van der Waals surface area contributed by atoms with Crippen LogP contribution in [0, 0.1) is 0 Å². The number of carbonyl (C=O) groups excluding carboxylic acids is 2. The van der Waals surface area contributed by atoms with Gasteiger partial charge in [-0.2, -0.15) is 13.2 Å². The van der Waals surface area contributed by atoms with Gasteiger partial charge in [-0.25, -0.2) is 9.79 Å². The van der Waals surface area contributed by atoms with Gasteiger partial charge in [0.05, 0.1) is 18.7 Å². The predicted octanol–water partition coefficient (Wildman–Crippen LogP) is 2.49. The molecule has 0 saturated carbocycles. The van der Waals surface area contributed by atoms with Gasteiger partial charge in [0.1, 0.15) is 11.4 Å². The van der Waals surface area contributed by atoms with Crippen molar-refractivity contribution in [1.82, 2.24) is 20.9 Å². The summed E-state index contributed by atoms with van der Waals surface area (Å²) in [5.74, 6) is 0.0740. The Labute approximate surface area is 179 Å². The fourth-order valence-corrected chi connectivity index (χ4v) is 2.85. The van der Waals surface area contributed by atoms with Crippen LogP contribution in [-0.2, 0) is 17.5 Å². The van der Waals surface area contributed by atoms with Crippen molar-refractivity contribution in [3.8, 4) is 5.75 Å². The minimum atomic E-state index is -4.56. The van der Waals surface area contributed by atoms with Gasteiger partial charge in [0.25, 0.3) is 0 Å². The van der Waals surface area contributed by atoms with Gasteiger partial charge in [0.15, 0.2) is 5.96 Å². The zero-order valence-corrected chi connectivity index (χ0v) is 18.0. The molecular weight excluding hydrogens is 415 g/mol. The Morgan fingerprint density at radius 1 is 1.23 bits per heavy atom. The molecule has 3 amide bonds. The van der Waals surface area contributed by atoms with Crippen molar-refractivity contribution < 1.29 is 27.5 Å². The Kier molecular flexibility index (Phi) is 7.75. The second-order valence-corrected chi connectivity index (χ2v) is 7.86. The van der Waals surface area contributed by atoms with Crippen LogP contribution < -0.4 is 20.7 Å². The third-order valence-corrected chi connectivity index (χ3v) is 4.13. The van der Waals surface area contributed by atoms with E-state index in [0.29, 0.717) is 6.54 Å². The normalized spacial score (nSPS) is 15.2. The average Bonchev–Trinajstić information content (AvgIpc) is 2.96. The lowest BCUT2D eigenvalue weighted by atomic mass is 10.1. The Balaban J connectivity index is 2.11. The average molecular weight is 443 g/mol. The highest BCUT2D eigenvalue weighted by Crippen LogP contribution is 2.35. The lowest BCUT2D eigenvalue weighted by molar-refractivity contribution is -0.138. The van der Waals surface area contributed by atoms with E-state index in [1.165, 1.54) is 12.1 Å². The molecule has 0 radical (unpaired) electrons. The van der Waals surface area contributed by atoms with Crippen LogP contribution in [0.2, 0.25) is 0 Å². The molecule has 0 unspecified atom stereocenters. The number of alkyl halides is 3. The van der Waals surface area contributed by atoms with E-state index >= 15 is 0 Å². The Morgan fingerprint density at radius 3 is 2.48 bits per heavy atom. The number of amides is 3. The minimum absolute atomic E-state index is 0.0000562. The molecule has 2 rings (SSSR count). The van der Waals surface area contributed by atoms with E-state index < -0.39 is 23.4 Å². The van der Waals surface area contributed by atoms with Crippen LogP contribution in [-0.4, -0.2) is 54.6 Å². The monoisotopic (exact) mass is 443 g/mol. The lowest BCUT2D eigenvalue weighted by Crippen LogP contribution is -2.43. The lowest BCUT2D eigenvalue weighted by Gasteiger charge is -2.22. The van der Waals surface area contributed by atoms with Crippen LogP contribution in [0.4, 0.5) is 18.0 Å². The van der Waals surface area contributed by atoms with Crippen molar-refractivity contribution in [3.05, 3.63) is 29.3 Å². The molecule has 1 aromatic rings. The summed E-state index contributed by atoms with van der Waals surface area (Å²) in [6.07, 6.45) is -4.56. The van der Waals surface area contributed by atoms with Gasteiger partial charge in [0, 0.05) is 19.6 Å². The van der Waals surface area contributed by atoms with Gasteiger partial charge in [-0.15, -0.1) is 0 Å². The molecule has 31 heavy (non-hydrogen) atoms. The summed E-state index contributed by atoms with van der Waals surface area (Å²) in [6, 6.07) is 3.35. The van der Waals surface area contributed by atoms with Crippen molar-refractivity contribution in [3.63, 3.8) is 0 Å². The van der Waals surface area contributed by atoms with E-state index in [-0.39, 0.29) is 49.4 Å². The number of benzene rings is 1. The number of carbonyl (C=O) groups is 2. The van der Waals surface area contributed by atoms with Gasteiger partial charge >= 0.3 is 12.2 Å². The first-order chi connectivity index (χ1) is 14.4. The maximum absolute atomic E-state index is 13.6. The molecule has 0 atom stereocenters. The summed E-state index contributed by atoms with van der Waals surface area (Å²) in [5, 5.41) is 8.26. The molecule has 172 valence electrons. The van der Waals surface area contributed by atoms with Gasteiger partial charge in [-0.05, 0) is 45.4 Å². The number of ether oxygens (including phenoxy) is 1. The van der Waals surface area contributed by atoms with E-state index in [4.69, 9.17) is 4.74 Å². The molecule has 11 heteroatoms. The summed E-state index contributed by atoms with van der Waals surface area (Å²) in [5.41, 5.74) is -1.44. The minimum Gasteiger partial charge on any atom is -0.488 e. The smallest absolute Gasteiger partial charge is 0.416 e. The first-order valence-electron chi connectivity index (χ1n) is 9.90. The SMILES string of the molecule is CCNC(=NCc1ccc(OC(C)(C)C)cc1C(F)(F)F)NCCN1C(=O)CNC1=O. The molecule has 1 aliphatic rings. The number of halogens is 3. The third-order valence-electron chi connectivity index (χ3n) is 4.13. The van der Waals surface area contributed by atoms with Gasteiger partial charge < -0.3 is 20.7 Å². The van der Waals surface area contributed by atoms with Crippen molar-refractivity contribution in [2.75, 3.05) is 26.2 Å². The number of urea groups is 1. The number of imide groups is 1. The molecule has 1 aromatic carbocycles. The van der Waals surface area contributed by atoms with Crippen molar-refractivity contribution in [2.45, 2.75) is 46.0 Å². The number of aliphatic imine (C=N–C) groups is 1. The summed E-state index contributed by atoms with van der Waals surface area (Å²) in [4.78, 5) is 28.4. The second kappa shape index (κ2) is 9.88. The largest absolute Gasteiger partial charge is 0.488 e. The molecule has 0 bridgehead atoms. The van der Waals surface area contributed by atoms with Crippen molar-refractivity contribution in [2.24, 2.45) is 4.99 Å². The molecule has 1 aliphatic heterocycles. The molecule has 8 nitrogen and oxygen atoms in total. The Morgan fingerprint density at radius 2 is 1.94 bits per heavy atom. The third kappa shape index (κ3) is 7.34. The topological polar surface area (TPSA) is 95.1 Å². The van der Waals surface area contributed by atoms with E-state index in [2.05, 4.69) is 20.9 Å². The summed E-state index contributed by atoms with van der Waals surface area (Å²) in [6.45, 7) is 7.63. The van der Waals surface area contributed by atoms with Crippen LogP contribution in [0.3, 0.4) is 0 Å². The zero-order valence-electron chi connectivity index (χ0n) is 18.0. The number of hydrogen-bond donors (Lipinski definition) is 3. The quantitative estimate of drug-likeness (QED) is 0.342. The number of nitrogens with one attached hydrogen (secondary N) is 3. The molecule has 1 heterocycles. The van der Waals surface area contributed by atoms with Gasteiger partial charge in [0.2, 0.25) is 5.91 Å². The highest BCUT2D eigenvalue weighted by atomic mass is 19.4. The van der Waals surface area contributed by atoms with E-state index in [9.17, 15) is 22.8 Å². The highest BCUT2D eigenvalue weighted by molar-refractivity contribution is 6.01. The van der Waals surface area contributed by atoms with Gasteiger partial charge in [-0.1, -0.05) is 6.07 Å². The zero-order chi connectivity index (χ0) is 23.2. The standard InChI is InChI=1S/C20H28F3N5O3/c1-5-24-17(25-8-9-28-16(29)12-27-18(28)30)26-11-13-6-7-14(31-19(2,3)4)10-15(13)20(21,22)23/h6-7,10H,5,8-9,11-12H2,1-4H3,(H,27,30)(H2,24,25,26). The Bertz CT molecular complexity index is 818. The van der Waals surface area contributed by atoms with Crippen molar-refractivity contribution in [1.29, 1.82) is 0 Å². The highest BCUT2D eigenvalue weighted by Gasteiger charge is 2.34. The van der Waals surface area contributed by atoms with E-state index in [1.54, 1.807) is 20.8 Å². The number of rotatable bonds is 7. The van der Waals surface area contributed by atoms with Crippen LogP contribution in [0.15, 0.2) is 23.2 Å². The molecule has 1 saturated heterocycles. The predicted molar refractivity (Wildman–Crippen MR) is 110 cm³/mol.